The molecule has 6 nitrogen and oxygen atoms in total. The molecule has 6 heteroatoms. The zero-order valence-corrected chi connectivity index (χ0v) is 11.3. The molecule has 0 aliphatic carbocycles. The van der Waals surface area contributed by atoms with Gasteiger partial charge in [0.1, 0.15) is 0 Å². The fourth-order valence-corrected chi connectivity index (χ4v) is 2.16. The van der Waals surface area contributed by atoms with Gasteiger partial charge in [-0.25, -0.2) is 0 Å². The van der Waals surface area contributed by atoms with E-state index in [1.807, 2.05) is 18.2 Å². The van der Waals surface area contributed by atoms with E-state index in [0.29, 0.717) is 23.6 Å². The molecule has 21 heavy (non-hydrogen) atoms. The number of H-pyrrole nitrogens is 1. The number of fused-ring (bicyclic) bond motifs is 1. The molecule has 1 amide bonds. The van der Waals surface area contributed by atoms with E-state index >= 15 is 0 Å². The van der Waals surface area contributed by atoms with Gasteiger partial charge in [-0.2, -0.15) is 5.10 Å². The second-order valence-electron chi connectivity index (χ2n) is 4.80. The van der Waals surface area contributed by atoms with Crippen LogP contribution in [0.15, 0.2) is 42.5 Å². The van der Waals surface area contributed by atoms with E-state index in [0.717, 1.165) is 16.5 Å². The Morgan fingerprint density at radius 3 is 2.86 bits per heavy atom. The maximum absolute atomic E-state index is 12.2. The number of aromatic nitrogens is 2. The van der Waals surface area contributed by atoms with Crippen LogP contribution in [0.2, 0.25) is 0 Å². The number of nitrogens with one attached hydrogen (secondary N) is 2. The molecule has 1 heterocycles. The number of hydrogen-bond donors (Lipinski definition) is 4. The molecule has 0 bridgehead atoms. The van der Waals surface area contributed by atoms with Crippen LogP contribution in [0.1, 0.15) is 15.9 Å². The molecule has 6 N–H and O–H groups in total. The Kier molecular flexibility index (Phi) is 3.19. The predicted octanol–water partition coefficient (Wildman–Crippen LogP) is 1.66. The van der Waals surface area contributed by atoms with Crippen LogP contribution in [0.5, 0.6) is 0 Å². The van der Waals surface area contributed by atoms with E-state index in [9.17, 15) is 4.79 Å². The van der Waals surface area contributed by atoms with Crippen LogP contribution in [0.25, 0.3) is 10.9 Å². The molecular weight excluding hydrogens is 266 g/mol. The minimum absolute atomic E-state index is 0.167. The predicted molar refractivity (Wildman–Crippen MR) is 82.5 cm³/mol. The standard InChI is InChI=1S/C15H15N5O/c16-11-3-1-2-9(6-11)8-18-15(21)10-4-5-13-12(7-10)14(17)20-19-13/h1-7H,8,16H2,(H,18,21)(H3,17,19,20). The van der Waals surface area contributed by atoms with Gasteiger partial charge in [0.25, 0.3) is 5.91 Å². The molecule has 2 aromatic carbocycles. The van der Waals surface area contributed by atoms with E-state index in [4.69, 9.17) is 11.5 Å². The highest BCUT2D eigenvalue weighted by Gasteiger charge is 2.09. The summed E-state index contributed by atoms with van der Waals surface area (Å²) in [6.07, 6.45) is 0. The SMILES string of the molecule is Nc1cccc(CNC(=O)c2ccc3[nH]nc(N)c3c2)c1. The van der Waals surface area contributed by atoms with Crippen molar-refractivity contribution < 1.29 is 4.79 Å². The summed E-state index contributed by atoms with van der Waals surface area (Å²) < 4.78 is 0. The van der Waals surface area contributed by atoms with Crippen molar-refractivity contribution in [3.8, 4) is 0 Å². The van der Waals surface area contributed by atoms with Crippen LogP contribution in [-0.4, -0.2) is 16.1 Å². The third-order valence-corrected chi connectivity index (χ3v) is 3.26. The van der Waals surface area contributed by atoms with E-state index in [2.05, 4.69) is 15.5 Å². The van der Waals surface area contributed by atoms with Gasteiger partial charge in [0.15, 0.2) is 5.82 Å². The van der Waals surface area contributed by atoms with E-state index in [-0.39, 0.29) is 5.91 Å². The number of aromatic amines is 1. The number of nitrogen functional groups attached to an aromatic ring is 2. The summed E-state index contributed by atoms with van der Waals surface area (Å²) in [5.41, 5.74) is 14.4. The normalized spacial score (nSPS) is 10.7. The number of benzene rings is 2. The summed E-state index contributed by atoms with van der Waals surface area (Å²) in [7, 11) is 0. The van der Waals surface area contributed by atoms with Gasteiger partial charge in [-0.1, -0.05) is 12.1 Å². The monoisotopic (exact) mass is 281 g/mol. The Bertz CT molecular complexity index is 809. The lowest BCUT2D eigenvalue weighted by molar-refractivity contribution is 0.0951. The summed E-state index contributed by atoms with van der Waals surface area (Å²) in [5.74, 6) is 0.218. The number of nitrogens with zero attached hydrogens (tertiary/aromatic N) is 1. The number of anilines is 2. The second kappa shape index (κ2) is 5.16. The average molecular weight is 281 g/mol. The Morgan fingerprint density at radius 2 is 2.05 bits per heavy atom. The number of nitrogens with two attached hydrogens (primary N) is 2. The first-order valence-corrected chi connectivity index (χ1v) is 6.50. The fourth-order valence-electron chi connectivity index (χ4n) is 2.16. The van der Waals surface area contributed by atoms with Crippen LogP contribution in [0.4, 0.5) is 11.5 Å². The van der Waals surface area contributed by atoms with Crippen LogP contribution >= 0.6 is 0 Å². The average Bonchev–Trinajstić information content (AvgIpc) is 2.86. The van der Waals surface area contributed by atoms with Crippen LogP contribution < -0.4 is 16.8 Å². The van der Waals surface area contributed by atoms with E-state index < -0.39 is 0 Å². The molecule has 0 saturated carbocycles. The highest BCUT2D eigenvalue weighted by Crippen LogP contribution is 2.19. The third-order valence-electron chi connectivity index (χ3n) is 3.26. The van der Waals surface area contributed by atoms with Crippen molar-refractivity contribution in [1.29, 1.82) is 0 Å². The van der Waals surface area contributed by atoms with Gasteiger partial charge >= 0.3 is 0 Å². The second-order valence-corrected chi connectivity index (χ2v) is 4.80. The summed E-state index contributed by atoms with van der Waals surface area (Å²) in [6.45, 7) is 0.419. The number of hydrogen-bond acceptors (Lipinski definition) is 4. The Labute approximate surface area is 121 Å². The highest BCUT2D eigenvalue weighted by atomic mass is 16.1. The summed E-state index contributed by atoms with van der Waals surface area (Å²) in [6, 6.07) is 12.6. The van der Waals surface area contributed by atoms with Gasteiger partial charge in [0.05, 0.1) is 5.52 Å². The largest absolute Gasteiger partial charge is 0.399 e. The number of carbonyl (C=O) groups excluding carboxylic acids is 1. The Balaban J connectivity index is 1.76. The summed E-state index contributed by atoms with van der Waals surface area (Å²) >= 11 is 0. The maximum atomic E-state index is 12.2. The maximum Gasteiger partial charge on any atom is 0.251 e. The van der Waals surface area contributed by atoms with Crippen molar-refractivity contribution in [2.24, 2.45) is 0 Å². The topological polar surface area (TPSA) is 110 Å². The van der Waals surface area contributed by atoms with Gasteiger partial charge in [-0.05, 0) is 35.9 Å². The lowest BCUT2D eigenvalue weighted by Crippen LogP contribution is -2.22. The zero-order valence-electron chi connectivity index (χ0n) is 11.3. The third kappa shape index (κ3) is 2.64. The lowest BCUT2D eigenvalue weighted by atomic mass is 10.1. The van der Waals surface area contributed by atoms with Crippen LogP contribution in [0.3, 0.4) is 0 Å². The lowest BCUT2D eigenvalue weighted by Gasteiger charge is -2.06. The van der Waals surface area contributed by atoms with Crippen molar-refractivity contribution >= 4 is 28.3 Å². The molecule has 0 unspecified atom stereocenters. The Hall–Kier alpha value is -3.02. The first-order valence-electron chi connectivity index (χ1n) is 6.50. The van der Waals surface area contributed by atoms with Crippen molar-refractivity contribution in [1.82, 2.24) is 15.5 Å². The number of amides is 1. The quantitative estimate of drug-likeness (QED) is 0.547. The van der Waals surface area contributed by atoms with Crippen molar-refractivity contribution in [2.45, 2.75) is 6.54 Å². The smallest absolute Gasteiger partial charge is 0.251 e. The first-order chi connectivity index (χ1) is 10.1. The molecule has 3 rings (SSSR count). The van der Waals surface area contributed by atoms with Gasteiger partial charge in [-0.15, -0.1) is 0 Å². The summed E-state index contributed by atoms with van der Waals surface area (Å²) in [4.78, 5) is 12.2. The van der Waals surface area contributed by atoms with Gasteiger partial charge in [-0.3, -0.25) is 9.89 Å². The molecule has 1 aromatic heterocycles. The molecule has 106 valence electrons. The molecule has 0 aliphatic heterocycles. The van der Waals surface area contributed by atoms with Gasteiger partial charge < -0.3 is 16.8 Å². The minimum Gasteiger partial charge on any atom is -0.399 e. The molecule has 0 atom stereocenters. The van der Waals surface area contributed by atoms with Crippen molar-refractivity contribution in [2.75, 3.05) is 11.5 Å². The molecule has 0 fully saturated rings. The van der Waals surface area contributed by atoms with E-state index in [1.54, 1.807) is 24.3 Å². The van der Waals surface area contributed by atoms with Gasteiger partial charge in [0.2, 0.25) is 0 Å². The van der Waals surface area contributed by atoms with Crippen molar-refractivity contribution in [3.63, 3.8) is 0 Å². The van der Waals surface area contributed by atoms with Crippen LogP contribution in [-0.2, 0) is 6.54 Å². The molecule has 0 saturated heterocycles. The fraction of sp³-hybridized carbons (Fsp3) is 0.0667. The van der Waals surface area contributed by atoms with Crippen molar-refractivity contribution in [3.05, 3.63) is 53.6 Å². The van der Waals surface area contributed by atoms with Crippen LogP contribution in [0, 0.1) is 0 Å². The first kappa shape index (κ1) is 13.0. The number of rotatable bonds is 3. The molecular formula is C15H15N5O. The molecule has 0 spiro atoms. The van der Waals surface area contributed by atoms with Gasteiger partial charge in [0, 0.05) is 23.2 Å². The zero-order chi connectivity index (χ0) is 14.8. The Morgan fingerprint density at radius 1 is 1.19 bits per heavy atom. The number of carbonyl (C=O) groups is 1. The summed E-state index contributed by atoms with van der Waals surface area (Å²) in [5, 5.41) is 10.3. The molecule has 0 aliphatic rings. The minimum atomic E-state index is -0.167. The van der Waals surface area contributed by atoms with E-state index in [1.165, 1.54) is 0 Å². The molecule has 0 radical (unpaired) electrons. The molecule has 3 aromatic rings. The highest BCUT2D eigenvalue weighted by molar-refractivity contribution is 6.00.